The Bertz CT molecular complexity index is 1630. The number of ketones is 1. The lowest BCUT2D eigenvalue weighted by atomic mass is 9.95. The van der Waals surface area contributed by atoms with Crippen molar-refractivity contribution in [3.63, 3.8) is 0 Å². The highest BCUT2D eigenvalue weighted by Gasteiger charge is 2.51. The lowest BCUT2D eigenvalue weighted by Crippen LogP contribution is -2.61. The van der Waals surface area contributed by atoms with Gasteiger partial charge in [0.05, 0.1) is 45.1 Å². The fourth-order valence-corrected chi connectivity index (χ4v) is 5.59. The molecule has 2 N–H and O–H groups in total. The maximum Gasteiger partial charge on any atom is 0.383 e. The van der Waals surface area contributed by atoms with Crippen LogP contribution in [0.4, 0.5) is 13.6 Å². The van der Waals surface area contributed by atoms with Crippen molar-refractivity contribution in [1.82, 2.24) is 15.5 Å². The molecule has 0 saturated heterocycles. The Labute approximate surface area is 321 Å². The third-order valence-electron chi connectivity index (χ3n) is 8.73. The Morgan fingerprint density at radius 1 is 0.745 bits per heavy atom. The number of rotatable bonds is 24. The van der Waals surface area contributed by atoms with E-state index in [-0.39, 0.29) is 38.9 Å². The molecule has 3 atom stereocenters. The zero-order chi connectivity index (χ0) is 40.4. The van der Waals surface area contributed by atoms with Crippen molar-refractivity contribution in [2.75, 3.05) is 40.1 Å². The Kier molecular flexibility index (Phi) is 18.2. The summed E-state index contributed by atoms with van der Waals surface area (Å²) in [6.45, 7) is 7.56. The molecule has 55 heavy (non-hydrogen) atoms. The molecule has 0 unspecified atom stereocenters. The number of carbonyl (C=O) groups is 4. The van der Waals surface area contributed by atoms with E-state index in [1.807, 2.05) is 30.3 Å². The summed E-state index contributed by atoms with van der Waals surface area (Å²) < 4.78 is 53.5. The summed E-state index contributed by atoms with van der Waals surface area (Å²) >= 11 is 0. The average Bonchev–Trinajstić information content (AvgIpc) is 3.16. The molecule has 3 aromatic rings. The molecule has 0 saturated carbocycles. The van der Waals surface area contributed by atoms with Crippen molar-refractivity contribution in [2.24, 2.45) is 11.8 Å². The average molecular weight is 769 g/mol. The van der Waals surface area contributed by atoms with E-state index in [9.17, 15) is 24.3 Å². The van der Waals surface area contributed by atoms with Crippen LogP contribution < -0.4 is 20.5 Å². The number of ether oxygens (including phenoxy) is 4. The predicted molar refractivity (Wildman–Crippen MR) is 199 cm³/mol. The summed E-state index contributed by atoms with van der Waals surface area (Å²) in [4.78, 5) is 53.9. The summed E-state index contributed by atoms with van der Waals surface area (Å²) in [6.07, 6.45) is -2.11. The second-order valence-electron chi connectivity index (χ2n) is 13.7. The highest BCUT2D eigenvalue weighted by Crippen LogP contribution is 2.23. The van der Waals surface area contributed by atoms with Gasteiger partial charge in [-0.15, -0.1) is 0 Å². The number of carboxylic acid groups (broad SMARTS) is 1. The summed E-state index contributed by atoms with van der Waals surface area (Å²) in [7, 11) is 1.54. The molecule has 0 radical (unpaired) electrons. The van der Waals surface area contributed by atoms with E-state index in [2.05, 4.69) is 10.6 Å². The molecule has 0 spiro atoms. The molecule has 3 aromatic carbocycles. The van der Waals surface area contributed by atoms with Crippen LogP contribution in [0.25, 0.3) is 0 Å². The van der Waals surface area contributed by atoms with Gasteiger partial charge in [-0.05, 0) is 40.7 Å². The minimum Gasteiger partial charge on any atom is -0.530 e. The molecule has 0 aliphatic rings. The monoisotopic (exact) mass is 768 g/mol. The van der Waals surface area contributed by atoms with Gasteiger partial charge in [0, 0.05) is 20.1 Å². The Morgan fingerprint density at radius 2 is 1.33 bits per heavy atom. The molecule has 300 valence electrons. The van der Waals surface area contributed by atoms with E-state index in [0.29, 0.717) is 30.1 Å². The van der Waals surface area contributed by atoms with Gasteiger partial charge >= 0.3 is 5.92 Å². The van der Waals surface area contributed by atoms with E-state index in [1.54, 1.807) is 82.3 Å². The number of carbonyl (C=O) groups excluding carboxylic acids is 4. The molecule has 3 amide bonds. The highest BCUT2D eigenvalue weighted by molar-refractivity contribution is 6.10. The van der Waals surface area contributed by atoms with Crippen LogP contribution >= 0.6 is 0 Å². The van der Waals surface area contributed by atoms with Crippen LogP contribution in [-0.4, -0.2) is 92.8 Å². The largest absolute Gasteiger partial charge is 0.530 e. The second kappa shape index (κ2) is 22.5. The fraction of sp³-hybridized carbons (Fsp3) is 0.463. The molecular weight excluding hydrogens is 716 g/mol. The molecule has 0 heterocycles. The van der Waals surface area contributed by atoms with Crippen LogP contribution in [0, 0.1) is 11.8 Å². The topological polar surface area (TPSA) is 156 Å². The zero-order valence-electron chi connectivity index (χ0n) is 32.0. The van der Waals surface area contributed by atoms with Gasteiger partial charge in [-0.3, -0.25) is 14.4 Å². The summed E-state index contributed by atoms with van der Waals surface area (Å²) in [5, 5.41) is 17.0. The van der Waals surface area contributed by atoms with Gasteiger partial charge in [0.2, 0.25) is 11.7 Å². The van der Waals surface area contributed by atoms with Crippen LogP contribution in [-0.2, 0) is 48.2 Å². The summed E-state index contributed by atoms with van der Waals surface area (Å²) in [5.41, 5.74) is 1.85. The lowest BCUT2D eigenvalue weighted by Gasteiger charge is -2.36. The number of benzene rings is 3. The number of hydrogen-bond donors (Lipinski definition) is 2. The van der Waals surface area contributed by atoms with Crippen LogP contribution in [0.15, 0.2) is 84.9 Å². The SMILES string of the molecule is COCCOCCOC[C@H](NC(=O)C(F)(F)C(=O)[C@H](Cc1ccc(OCc2ccccc2)cc1)NC(=O)[C@H](C(C)C)N(Cc1ccccc1)C(=O)[O-])C(C)C. The number of amides is 3. The van der Waals surface area contributed by atoms with Gasteiger partial charge in [-0.25, -0.2) is 0 Å². The molecule has 0 aromatic heterocycles. The van der Waals surface area contributed by atoms with Crippen molar-refractivity contribution in [2.45, 2.75) is 71.3 Å². The molecule has 0 aliphatic carbocycles. The first-order chi connectivity index (χ1) is 26.2. The predicted octanol–water partition coefficient (Wildman–Crippen LogP) is 4.19. The normalized spacial score (nSPS) is 13.2. The summed E-state index contributed by atoms with van der Waals surface area (Å²) in [6, 6.07) is 19.9. The zero-order valence-corrected chi connectivity index (χ0v) is 32.0. The first-order valence-corrected chi connectivity index (χ1v) is 18.2. The van der Waals surface area contributed by atoms with Crippen LogP contribution in [0.3, 0.4) is 0 Å². The number of halogens is 2. The van der Waals surface area contributed by atoms with E-state index in [0.717, 1.165) is 10.5 Å². The lowest BCUT2D eigenvalue weighted by molar-refractivity contribution is -0.269. The third-order valence-corrected chi connectivity index (χ3v) is 8.73. The van der Waals surface area contributed by atoms with Gasteiger partial charge in [-0.2, -0.15) is 8.78 Å². The minimum atomic E-state index is -4.60. The molecule has 12 nitrogen and oxygen atoms in total. The van der Waals surface area contributed by atoms with E-state index >= 15 is 8.78 Å². The van der Waals surface area contributed by atoms with Gasteiger partial charge in [0.25, 0.3) is 5.91 Å². The molecule has 3 rings (SSSR count). The first-order valence-electron chi connectivity index (χ1n) is 18.2. The molecule has 14 heteroatoms. The van der Waals surface area contributed by atoms with Gasteiger partial charge < -0.3 is 44.4 Å². The minimum absolute atomic E-state index is 0.128. The van der Waals surface area contributed by atoms with Gasteiger partial charge in [0.1, 0.15) is 24.5 Å². The Morgan fingerprint density at radius 3 is 1.89 bits per heavy atom. The van der Waals surface area contributed by atoms with Crippen LogP contribution in [0.2, 0.25) is 0 Å². The summed E-state index contributed by atoms with van der Waals surface area (Å²) in [5.74, 6) is -9.89. The molecule has 0 fully saturated rings. The van der Waals surface area contributed by atoms with Crippen molar-refractivity contribution in [3.05, 3.63) is 102 Å². The quantitative estimate of drug-likeness (QED) is 0.101. The van der Waals surface area contributed by atoms with E-state index in [4.69, 9.17) is 18.9 Å². The van der Waals surface area contributed by atoms with Crippen molar-refractivity contribution < 1.29 is 52.0 Å². The second-order valence-corrected chi connectivity index (χ2v) is 13.7. The maximum atomic E-state index is 15.9. The third kappa shape index (κ3) is 14.3. The number of Topliss-reactive ketones (excluding diaryl/α,β-unsaturated/α-hetero) is 1. The smallest absolute Gasteiger partial charge is 0.383 e. The highest BCUT2D eigenvalue weighted by atomic mass is 19.3. The van der Waals surface area contributed by atoms with E-state index < -0.39 is 60.1 Å². The van der Waals surface area contributed by atoms with Crippen molar-refractivity contribution in [1.29, 1.82) is 0 Å². The van der Waals surface area contributed by atoms with Gasteiger partial charge in [-0.1, -0.05) is 100 Å². The van der Waals surface area contributed by atoms with E-state index in [1.165, 1.54) is 7.11 Å². The van der Waals surface area contributed by atoms with Crippen LogP contribution in [0.1, 0.15) is 44.4 Å². The standard InChI is InChI=1S/C41H53F2N3O9/c1-28(2)35(27-54-23-22-53-21-20-52-5)45-39(49)41(42,43)37(47)34(24-30-16-18-33(19-17-30)55-26-32-14-10-7-11-15-32)44-38(48)36(29(3)4)46(40(50)51)25-31-12-8-6-9-13-31/h6-19,28-29,34-36H,20-27H2,1-5H3,(H,44,48)(H,45,49)(H,50,51)/p-1/t34-,35-,36-/m0/s1. The Hall–Kier alpha value is -4.92. The maximum absolute atomic E-state index is 15.9. The molecular formula is C41H52F2N3O9-. The first kappa shape index (κ1) is 44.5. The van der Waals surface area contributed by atoms with Crippen LogP contribution in [0.5, 0.6) is 5.75 Å². The number of nitrogens with zero attached hydrogens (tertiary/aromatic N) is 1. The number of alkyl halides is 2. The number of hydrogen-bond acceptors (Lipinski definition) is 9. The fourth-order valence-electron chi connectivity index (χ4n) is 5.59. The number of methoxy groups -OCH3 is 1. The van der Waals surface area contributed by atoms with Crippen molar-refractivity contribution in [3.8, 4) is 5.75 Å². The van der Waals surface area contributed by atoms with Gasteiger partial charge in [0.15, 0.2) is 0 Å². The molecule has 0 aliphatic heterocycles. The molecule has 0 bridgehead atoms. The van der Waals surface area contributed by atoms with Crippen molar-refractivity contribution >= 4 is 23.7 Å². The number of nitrogens with one attached hydrogen (secondary N) is 2. The Balaban J connectivity index is 1.84.